The number of halogens is 4. The number of alkyl halides is 3. The van der Waals surface area contributed by atoms with Crippen LogP contribution in [0.3, 0.4) is 0 Å². The minimum Gasteiger partial charge on any atom is -0.598 e. The highest BCUT2D eigenvalue weighted by Gasteiger charge is 2.35. The zero-order valence-electron chi connectivity index (χ0n) is 21.8. The molecular formula is C28H26F4N2O5S. The first-order valence-electron chi connectivity index (χ1n) is 12.1. The van der Waals surface area contributed by atoms with Gasteiger partial charge in [0, 0.05) is 40.1 Å². The van der Waals surface area contributed by atoms with Gasteiger partial charge in [-0.2, -0.15) is 13.2 Å². The van der Waals surface area contributed by atoms with E-state index in [1.165, 1.54) is 18.3 Å². The highest BCUT2D eigenvalue weighted by Crippen LogP contribution is 2.40. The molecule has 0 saturated carbocycles. The zero-order chi connectivity index (χ0) is 29.2. The average Bonchev–Trinajstić information content (AvgIpc) is 3.31. The minimum atomic E-state index is -4.69. The molecule has 2 N–H and O–H groups in total. The van der Waals surface area contributed by atoms with Gasteiger partial charge in [0.1, 0.15) is 40.3 Å². The van der Waals surface area contributed by atoms with Crippen LogP contribution < -0.4 is 9.46 Å². The molecule has 0 amide bonds. The number of pyridine rings is 1. The summed E-state index contributed by atoms with van der Waals surface area (Å²) >= 11 is -1.36. The van der Waals surface area contributed by atoms with E-state index in [2.05, 4.69) is 9.71 Å². The maximum absolute atomic E-state index is 13.9. The third-order valence-corrected chi connectivity index (χ3v) is 7.39. The van der Waals surface area contributed by atoms with Crippen molar-refractivity contribution in [3.8, 4) is 16.9 Å². The Labute approximate surface area is 230 Å². The van der Waals surface area contributed by atoms with Crippen LogP contribution in [0.4, 0.5) is 17.6 Å². The average molecular weight is 579 g/mol. The standard InChI is InChI=1S/C28H26F4N2O5S/c1-27(2,3)40(37)34-13-20-10-17(6-7-33-20)21-8-16(9-22-23(28(30,31)32)15-39-26(21)22)14-38-24-12-19(29)5-4-18(24)11-25(35)36/h4-10,12,15,34H,11,13-14H2,1-3H3,(H,35,36). The SMILES string of the molecule is CC(C)(C)[S+]([O-])NCc1cc(-c2cc(COc3cc(F)ccc3CC(=O)O)cc3c(C(F)(F)F)coc23)ccn1. The molecule has 4 rings (SSSR count). The molecule has 0 spiro atoms. The van der Waals surface area contributed by atoms with Crippen molar-refractivity contribution in [2.24, 2.45) is 0 Å². The Kier molecular flexibility index (Phi) is 8.43. The fourth-order valence-corrected chi connectivity index (χ4v) is 4.66. The third kappa shape index (κ3) is 6.93. The highest BCUT2D eigenvalue weighted by atomic mass is 32.2. The van der Waals surface area contributed by atoms with Gasteiger partial charge in [-0.1, -0.05) is 6.07 Å². The number of carbonyl (C=O) groups is 1. The molecule has 0 radical (unpaired) electrons. The molecule has 12 heteroatoms. The summed E-state index contributed by atoms with van der Waals surface area (Å²) in [5.74, 6) is -1.83. The topological polar surface area (TPSA) is 108 Å². The quantitative estimate of drug-likeness (QED) is 0.175. The molecule has 1 unspecified atom stereocenters. The van der Waals surface area contributed by atoms with E-state index in [1.807, 2.05) is 20.8 Å². The zero-order valence-corrected chi connectivity index (χ0v) is 22.6. The van der Waals surface area contributed by atoms with E-state index in [1.54, 1.807) is 18.2 Å². The van der Waals surface area contributed by atoms with Gasteiger partial charge >= 0.3 is 12.1 Å². The Morgan fingerprint density at radius 1 is 1.15 bits per heavy atom. The number of fused-ring (bicyclic) bond motifs is 1. The Morgan fingerprint density at radius 3 is 2.58 bits per heavy atom. The Bertz CT molecular complexity index is 1530. The van der Waals surface area contributed by atoms with E-state index < -0.39 is 46.1 Å². The molecule has 0 aliphatic heterocycles. The van der Waals surface area contributed by atoms with Crippen molar-refractivity contribution < 1.29 is 41.2 Å². The number of rotatable bonds is 9. The molecule has 0 saturated heterocycles. The number of benzene rings is 2. The van der Waals surface area contributed by atoms with Crippen LogP contribution in [0.25, 0.3) is 22.1 Å². The number of hydrogen-bond donors (Lipinski definition) is 2. The number of carboxylic acids is 1. The van der Waals surface area contributed by atoms with Crippen LogP contribution in [-0.4, -0.2) is 25.4 Å². The van der Waals surface area contributed by atoms with Gasteiger partial charge in [0.05, 0.1) is 18.7 Å². The van der Waals surface area contributed by atoms with E-state index in [-0.39, 0.29) is 35.4 Å². The molecule has 0 bridgehead atoms. The van der Waals surface area contributed by atoms with Gasteiger partial charge in [-0.15, -0.1) is 4.72 Å². The van der Waals surface area contributed by atoms with Gasteiger partial charge in [0.25, 0.3) is 0 Å². The number of ether oxygens (including phenoxy) is 1. The van der Waals surface area contributed by atoms with Gasteiger partial charge < -0.3 is 18.8 Å². The van der Waals surface area contributed by atoms with Gasteiger partial charge in [-0.25, -0.2) is 4.39 Å². The summed E-state index contributed by atoms with van der Waals surface area (Å²) in [5.41, 5.74) is 0.887. The van der Waals surface area contributed by atoms with Crippen molar-refractivity contribution in [3.63, 3.8) is 0 Å². The van der Waals surface area contributed by atoms with Crippen molar-refractivity contribution in [2.75, 3.05) is 0 Å². The Balaban J connectivity index is 1.72. The van der Waals surface area contributed by atoms with Gasteiger partial charge in [-0.3, -0.25) is 9.78 Å². The molecule has 212 valence electrons. The predicted molar refractivity (Wildman–Crippen MR) is 141 cm³/mol. The number of hydrogen-bond acceptors (Lipinski definition) is 6. The molecule has 4 aromatic rings. The van der Waals surface area contributed by atoms with Crippen LogP contribution >= 0.6 is 0 Å². The van der Waals surface area contributed by atoms with E-state index in [0.717, 1.165) is 12.1 Å². The lowest BCUT2D eigenvalue weighted by molar-refractivity contribution is -0.137. The van der Waals surface area contributed by atoms with Crippen molar-refractivity contribution in [2.45, 2.75) is 51.3 Å². The van der Waals surface area contributed by atoms with Crippen LogP contribution in [0.1, 0.15) is 43.2 Å². The van der Waals surface area contributed by atoms with Crippen molar-refractivity contribution in [1.82, 2.24) is 9.71 Å². The van der Waals surface area contributed by atoms with Crippen LogP contribution in [-0.2, 0) is 41.9 Å². The summed E-state index contributed by atoms with van der Waals surface area (Å²) in [6, 6.07) is 9.53. The molecule has 2 aromatic heterocycles. The number of aromatic nitrogens is 1. The first-order valence-corrected chi connectivity index (χ1v) is 13.2. The molecule has 0 aliphatic carbocycles. The molecule has 2 heterocycles. The maximum Gasteiger partial charge on any atom is 0.420 e. The summed E-state index contributed by atoms with van der Waals surface area (Å²) in [7, 11) is 0. The first kappa shape index (κ1) is 29.4. The van der Waals surface area contributed by atoms with Crippen molar-refractivity contribution in [3.05, 3.63) is 83.1 Å². The fourth-order valence-electron chi connectivity index (χ4n) is 3.95. The van der Waals surface area contributed by atoms with E-state index in [4.69, 9.17) is 14.3 Å². The van der Waals surface area contributed by atoms with Crippen LogP contribution in [0, 0.1) is 5.82 Å². The molecule has 0 aliphatic rings. The summed E-state index contributed by atoms with van der Waals surface area (Å²) in [4.78, 5) is 15.5. The summed E-state index contributed by atoms with van der Waals surface area (Å²) in [5, 5.41) is 8.95. The monoisotopic (exact) mass is 578 g/mol. The molecule has 40 heavy (non-hydrogen) atoms. The number of carboxylic acid groups (broad SMARTS) is 1. The van der Waals surface area contributed by atoms with Crippen molar-refractivity contribution >= 4 is 28.3 Å². The molecule has 2 aromatic carbocycles. The molecule has 7 nitrogen and oxygen atoms in total. The largest absolute Gasteiger partial charge is 0.598 e. The number of nitrogens with zero attached hydrogens (tertiary/aromatic N) is 1. The molecule has 1 atom stereocenters. The number of aliphatic carboxylic acids is 1. The normalized spacial score (nSPS) is 13.0. The van der Waals surface area contributed by atoms with Gasteiger partial charge in [-0.05, 0) is 62.2 Å². The van der Waals surface area contributed by atoms with E-state index in [9.17, 15) is 26.9 Å². The van der Waals surface area contributed by atoms with Crippen LogP contribution in [0.2, 0.25) is 0 Å². The minimum absolute atomic E-state index is 0.00299. The highest BCUT2D eigenvalue weighted by molar-refractivity contribution is 7.90. The third-order valence-electron chi connectivity index (χ3n) is 5.87. The predicted octanol–water partition coefficient (Wildman–Crippen LogP) is 6.41. The van der Waals surface area contributed by atoms with Crippen molar-refractivity contribution in [1.29, 1.82) is 0 Å². The maximum atomic E-state index is 13.9. The second-order valence-electron chi connectivity index (χ2n) is 10.0. The van der Waals surface area contributed by atoms with Crippen LogP contribution in [0.5, 0.6) is 5.75 Å². The molecule has 0 fully saturated rings. The summed E-state index contributed by atoms with van der Waals surface area (Å²) < 4.78 is 81.1. The smallest absolute Gasteiger partial charge is 0.420 e. The first-order chi connectivity index (χ1) is 18.7. The van der Waals surface area contributed by atoms with Gasteiger partial charge in [0.15, 0.2) is 0 Å². The lowest BCUT2D eigenvalue weighted by Crippen LogP contribution is -2.39. The Morgan fingerprint density at radius 2 is 1.90 bits per heavy atom. The second kappa shape index (κ2) is 11.5. The Hall–Kier alpha value is -3.61. The fraction of sp³-hybridized carbons (Fsp3) is 0.286. The lowest BCUT2D eigenvalue weighted by Gasteiger charge is -2.23. The number of furan rings is 1. The number of nitrogens with one attached hydrogen (secondary N) is 1. The van der Waals surface area contributed by atoms with E-state index in [0.29, 0.717) is 28.6 Å². The summed E-state index contributed by atoms with van der Waals surface area (Å²) in [6.45, 7) is 5.32. The van der Waals surface area contributed by atoms with Crippen LogP contribution in [0.15, 0.2) is 59.3 Å². The van der Waals surface area contributed by atoms with Gasteiger partial charge in [0.2, 0.25) is 0 Å². The lowest BCUT2D eigenvalue weighted by atomic mass is 9.99. The second-order valence-corrected chi connectivity index (χ2v) is 12.1. The van der Waals surface area contributed by atoms with E-state index >= 15 is 0 Å². The summed E-state index contributed by atoms with van der Waals surface area (Å²) in [6.07, 6.45) is -2.98. The molecular weight excluding hydrogens is 552 g/mol.